The molecule has 2 N–H and O–H groups in total. The molecule has 4 nitrogen and oxygen atoms in total. The molecule has 2 rings (SSSR count). The number of benzene rings is 1. The summed E-state index contributed by atoms with van der Waals surface area (Å²) in [6.45, 7) is 0.984. The lowest BCUT2D eigenvalue weighted by Crippen LogP contribution is -2.42. The maximum absolute atomic E-state index is 12.2. The van der Waals surface area contributed by atoms with Gasteiger partial charge in [-0.05, 0) is 37.1 Å². The monoisotopic (exact) mass is 290 g/mol. The van der Waals surface area contributed by atoms with Gasteiger partial charge in [-0.1, -0.05) is 19.0 Å². The molecule has 1 aromatic rings. The molecule has 0 aliphatic carbocycles. The first-order chi connectivity index (χ1) is 8.00. The van der Waals surface area contributed by atoms with Gasteiger partial charge in [-0.15, -0.1) is 0 Å². The van der Waals surface area contributed by atoms with E-state index in [4.69, 9.17) is 17.3 Å². The lowest BCUT2D eigenvalue weighted by atomic mass is 10.1. The van der Waals surface area contributed by atoms with Crippen molar-refractivity contribution >= 4 is 21.6 Å². The van der Waals surface area contributed by atoms with E-state index in [1.165, 1.54) is 16.4 Å². The Kier molecular flexibility index (Phi) is 5.16. The van der Waals surface area contributed by atoms with E-state index in [1.807, 2.05) is 0 Å². The smallest absolute Gasteiger partial charge is 0.243 e. The summed E-state index contributed by atoms with van der Waals surface area (Å²) in [5, 5.41) is 0.532. The van der Waals surface area contributed by atoms with Crippen LogP contribution in [0.5, 0.6) is 0 Å². The number of piperidine rings is 1. The van der Waals surface area contributed by atoms with Gasteiger partial charge in [-0.25, -0.2) is 8.42 Å². The van der Waals surface area contributed by atoms with Crippen LogP contribution in [0.4, 0.5) is 0 Å². The molecule has 0 saturated carbocycles. The van der Waals surface area contributed by atoms with Crippen molar-refractivity contribution in [2.75, 3.05) is 13.1 Å². The summed E-state index contributed by atoms with van der Waals surface area (Å²) in [7, 11) is -3.38. The van der Waals surface area contributed by atoms with Gasteiger partial charge in [-0.2, -0.15) is 4.31 Å². The largest absolute Gasteiger partial charge is 0.328 e. The topological polar surface area (TPSA) is 63.4 Å². The van der Waals surface area contributed by atoms with Gasteiger partial charge in [0, 0.05) is 24.2 Å². The Labute approximate surface area is 114 Å². The van der Waals surface area contributed by atoms with Crippen molar-refractivity contribution in [1.82, 2.24) is 4.31 Å². The van der Waals surface area contributed by atoms with Gasteiger partial charge in [0.1, 0.15) is 0 Å². The number of nitrogens with zero attached hydrogens (tertiary/aromatic N) is 1. The van der Waals surface area contributed by atoms with E-state index < -0.39 is 10.0 Å². The van der Waals surface area contributed by atoms with Crippen LogP contribution in [0.15, 0.2) is 29.2 Å². The number of nitrogens with two attached hydrogens (primary N) is 1. The van der Waals surface area contributed by atoms with Crippen LogP contribution in [0.1, 0.15) is 20.3 Å². The van der Waals surface area contributed by atoms with Crippen LogP contribution in [-0.4, -0.2) is 31.9 Å². The van der Waals surface area contributed by atoms with Gasteiger partial charge in [0.05, 0.1) is 4.90 Å². The van der Waals surface area contributed by atoms with E-state index in [0.717, 1.165) is 0 Å². The van der Waals surface area contributed by atoms with Crippen LogP contribution in [0.2, 0.25) is 5.02 Å². The van der Waals surface area contributed by atoms with E-state index in [1.54, 1.807) is 12.1 Å². The molecule has 0 amide bonds. The van der Waals surface area contributed by atoms with Crippen LogP contribution >= 0.6 is 11.6 Å². The Morgan fingerprint density at radius 2 is 1.67 bits per heavy atom. The number of rotatable bonds is 2. The van der Waals surface area contributed by atoms with Crippen molar-refractivity contribution in [2.45, 2.75) is 31.2 Å². The van der Waals surface area contributed by atoms with Gasteiger partial charge in [-0.3, -0.25) is 0 Å². The van der Waals surface area contributed by atoms with Crippen molar-refractivity contribution < 1.29 is 8.42 Å². The molecule has 102 valence electrons. The predicted octanol–water partition coefficient (Wildman–Crippen LogP) is 2.09. The van der Waals surface area contributed by atoms with Gasteiger partial charge in [0.2, 0.25) is 10.0 Å². The molecule has 0 radical (unpaired) electrons. The van der Waals surface area contributed by atoms with E-state index in [0.29, 0.717) is 31.0 Å². The molecule has 0 aromatic heterocycles. The Morgan fingerprint density at radius 1 is 1.17 bits per heavy atom. The molecular weight excluding hydrogens is 272 g/mol. The first-order valence-corrected chi connectivity index (χ1v) is 7.33. The standard InChI is InChI=1S/C11H15ClN2O2S.CH4/c12-9-1-3-11(4-2-9)17(15,16)14-7-5-10(13)6-8-14;/h1-4,10H,5-8,13H2;1H4. The zero-order valence-corrected chi connectivity index (χ0v) is 10.9. The fraction of sp³-hybridized carbons (Fsp3) is 0.500. The zero-order chi connectivity index (χ0) is 12.5. The highest BCUT2D eigenvalue weighted by atomic mass is 35.5. The van der Waals surface area contributed by atoms with Crippen LogP contribution in [0.25, 0.3) is 0 Å². The fourth-order valence-electron chi connectivity index (χ4n) is 1.87. The molecule has 18 heavy (non-hydrogen) atoms. The number of sulfonamides is 1. The number of halogens is 1. The third-order valence-electron chi connectivity index (χ3n) is 2.95. The minimum Gasteiger partial charge on any atom is -0.328 e. The summed E-state index contributed by atoms with van der Waals surface area (Å²) >= 11 is 5.74. The normalized spacial score (nSPS) is 18.3. The summed E-state index contributed by atoms with van der Waals surface area (Å²) in [5.41, 5.74) is 5.76. The van der Waals surface area contributed by atoms with Crippen molar-refractivity contribution in [3.63, 3.8) is 0 Å². The first-order valence-electron chi connectivity index (χ1n) is 5.51. The Balaban J connectivity index is 0.00000162. The van der Waals surface area contributed by atoms with Gasteiger partial charge in [0.15, 0.2) is 0 Å². The molecule has 0 unspecified atom stereocenters. The maximum atomic E-state index is 12.2. The van der Waals surface area contributed by atoms with Crippen molar-refractivity contribution in [3.05, 3.63) is 29.3 Å². The molecule has 0 bridgehead atoms. The summed E-state index contributed by atoms with van der Waals surface area (Å²) in [6, 6.07) is 6.36. The van der Waals surface area contributed by atoms with Crippen LogP contribution in [-0.2, 0) is 10.0 Å². The van der Waals surface area contributed by atoms with E-state index in [2.05, 4.69) is 0 Å². The summed E-state index contributed by atoms with van der Waals surface area (Å²) in [5.74, 6) is 0. The lowest BCUT2D eigenvalue weighted by Gasteiger charge is -2.29. The quantitative estimate of drug-likeness (QED) is 0.907. The summed E-state index contributed by atoms with van der Waals surface area (Å²) in [4.78, 5) is 0.289. The predicted molar refractivity (Wildman–Crippen MR) is 74.2 cm³/mol. The molecule has 1 saturated heterocycles. The minimum absolute atomic E-state index is 0. The highest BCUT2D eigenvalue weighted by Crippen LogP contribution is 2.21. The lowest BCUT2D eigenvalue weighted by molar-refractivity contribution is 0.320. The van der Waals surface area contributed by atoms with Crippen LogP contribution < -0.4 is 5.73 Å². The van der Waals surface area contributed by atoms with Gasteiger partial charge < -0.3 is 5.73 Å². The molecule has 6 heteroatoms. The molecular formula is C12H19ClN2O2S. The highest BCUT2D eigenvalue weighted by molar-refractivity contribution is 7.89. The van der Waals surface area contributed by atoms with Gasteiger partial charge in [0.25, 0.3) is 0 Å². The molecule has 1 aliphatic rings. The van der Waals surface area contributed by atoms with Crippen molar-refractivity contribution in [3.8, 4) is 0 Å². The molecule has 1 fully saturated rings. The van der Waals surface area contributed by atoms with Crippen molar-refractivity contribution in [2.24, 2.45) is 5.73 Å². The average Bonchev–Trinajstić information content (AvgIpc) is 2.30. The highest BCUT2D eigenvalue weighted by Gasteiger charge is 2.27. The minimum atomic E-state index is -3.38. The SMILES string of the molecule is C.NC1CCN(S(=O)(=O)c2ccc(Cl)cc2)CC1. The Bertz CT molecular complexity index is 479. The summed E-state index contributed by atoms with van der Waals surface area (Å²) in [6.07, 6.45) is 1.43. The third kappa shape index (κ3) is 3.23. The fourth-order valence-corrected chi connectivity index (χ4v) is 3.47. The second kappa shape index (κ2) is 6.02. The van der Waals surface area contributed by atoms with Crippen LogP contribution in [0, 0.1) is 0 Å². The molecule has 1 heterocycles. The molecule has 1 aliphatic heterocycles. The molecule has 0 atom stereocenters. The zero-order valence-electron chi connectivity index (χ0n) is 9.34. The van der Waals surface area contributed by atoms with E-state index >= 15 is 0 Å². The second-order valence-corrected chi connectivity index (χ2v) is 6.57. The summed E-state index contributed by atoms with van der Waals surface area (Å²) < 4.78 is 26.0. The second-order valence-electron chi connectivity index (χ2n) is 4.20. The molecule has 1 aromatic carbocycles. The van der Waals surface area contributed by atoms with E-state index in [9.17, 15) is 8.42 Å². The number of hydrogen-bond donors (Lipinski definition) is 1. The van der Waals surface area contributed by atoms with Gasteiger partial charge >= 0.3 is 0 Å². The maximum Gasteiger partial charge on any atom is 0.243 e. The average molecular weight is 291 g/mol. The molecule has 0 spiro atoms. The van der Waals surface area contributed by atoms with Crippen molar-refractivity contribution in [1.29, 1.82) is 0 Å². The Hall–Kier alpha value is -0.620. The van der Waals surface area contributed by atoms with Crippen LogP contribution in [0.3, 0.4) is 0 Å². The first kappa shape index (κ1) is 15.4. The number of hydrogen-bond acceptors (Lipinski definition) is 3. The third-order valence-corrected chi connectivity index (χ3v) is 5.11. The van der Waals surface area contributed by atoms with E-state index in [-0.39, 0.29) is 18.4 Å². The Morgan fingerprint density at radius 3 is 2.17 bits per heavy atom.